The Labute approximate surface area is 151 Å². The van der Waals surface area contributed by atoms with Crippen molar-refractivity contribution in [2.75, 3.05) is 0 Å². The molecule has 0 aromatic rings. The molecule has 0 amide bonds. The van der Waals surface area contributed by atoms with Crippen LogP contribution in [0.5, 0.6) is 0 Å². The third kappa shape index (κ3) is 2.39. The second kappa shape index (κ2) is 5.99. The van der Waals surface area contributed by atoms with E-state index in [0.717, 1.165) is 37.0 Å². The summed E-state index contributed by atoms with van der Waals surface area (Å²) in [6.45, 7) is 6.93. The van der Waals surface area contributed by atoms with Crippen LogP contribution in [0.1, 0.15) is 72.1 Å². The van der Waals surface area contributed by atoms with Crippen LogP contribution in [0.3, 0.4) is 0 Å². The number of fused-ring (bicyclic) bond motifs is 5. The van der Waals surface area contributed by atoms with Crippen molar-refractivity contribution in [3.05, 3.63) is 21.5 Å². The van der Waals surface area contributed by atoms with Crippen molar-refractivity contribution in [2.24, 2.45) is 44.9 Å². The van der Waals surface area contributed by atoms with Gasteiger partial charge in [0, 0.05) is 0 Å². The van der Waals surface area contributed by atoms with Gasteiger partial charge < -0.3 is 0 Å². The van der Waals surface area contributed by atoms with Crippen molar-refractivity contribution in [1.29, 1.82) is 0 Å². The Balaban J connectivity index is 1.62. The molecule has 0 aromatic carbocycles. The summed E-state index contributed by atoms with van der Waals surface area (Å²) < 4.78 is 0. The maximum Gasteiger partial charge on any atom is 0.110 e. The molecule has 3 fully saturated rings. The Kier molecular flexibility index (Phi) is 4.16. The first kappa shape index (κ1) is 17.4. The lowest BCUT2D eigenvalue weighted by Crippen LogP contribution is -2.51. The molecule has 4 nitrogen and oxygen atoms in total. The molecule has 0 aromatic heterocycles. The van der Waals surface area contributed by atoms with Gasteiger partial charge in [0.15, 0.2) is 0 Å². The summed E-state index contributed by atoms with van der Waals surface area (Å²) in [4.78, 5) is 22.2. The highest BCUT2D eigenvalue weighted by molar-refractivity contribution is 5.26. The molecule has 138 valence electrons. The molecule has 0 heterocycles. The van der Waals surface area contributed by atoms with E-state index in [4.69, 9.17) is 0 Å². The molecule has 25 heavy (non-hydrogen) atoms. The quantitative estimate of drug-likeness (QED) is 0.476. The van der Waals surface area contributed by atoms with E-state index >= 15 is 0 Å². The van der Waals surface area contributed by atoms with Gasteiger partial charge in [-0.25, -0.2) is 0 Å². The minimum Gasteiger partial charge on any atom is -0.151 e. The fourth-order valence-corrected chi connectivity index (χ4v) is 7.70. The molecule has 4 aliphatic rings. The van der Waals surface area contributed by atoms with Crippen LogP contribution < -0.4 is 0 Å². The molecule has 0 saturated heterocycles. The lowest BCUT2D eigenvalue weighted by Gasteiger charge is -2.58. The van der Waals surface area contributed by atoms with Crippen LogP contribution in [0.15, 0.2) is 22.0 Å². The zero-order chi connectivity index (χ0) is 17.8. The van der Waals surface area contributed by atoms with Crippen molar-refractivity contribution in [1.82, 2.24) is 0 Å². The monoisotopic (exact) mass is 344 g/mol. The van der Waals surface area contributed by atoms with E-state index in [9.17, 15) is 9.81 Å². The number of nitroso groups, excluding NO2 is 2. The molecule has 4 aliphatic carbocycles. The first-order valence-corrected chi connectivity index (χ1v) is 10.3. The summed E-state index contributed by atoms with van der Waals surface area (Å²) in [6, 6.07) is -0.140. The summed E-state index contributed by atoms with van der Waals surface area (Å²) in [5, 5.41) is 6.72. The lowest BCUT2D eigenvalue weighted by molar-refractivity contribution is -0.0540. The Morgan fingerprint density at radius 2 is 1.84 bits per heavy atom. The van der Waals surface area contributed by atoms with E-state index in [-0.39, 0.29) is 17.5 Å². The first-order valence-electron chi connectivity index (χ1n) is 10.3. The number of hydrogen-bond donors (Lipinski definition) is 0. The molecule has 0 bridgehead atoms. The highest BCUT2D eigenvalue weighted by Gasteiger charge is 2.59. The van der Waals surface area contributed by atoms with Crippen molar-refractivity contribution >= 4 is 0 Å². The van der Waals surface area contributed by atoms with Gasteiger partial charge in [0.05, 0.1) is 6.04 Å². The number of allylic oxidation sites excluding steroid dienone is 1. The van der Waals surface area contributed by atoms with E-state index < -0.39 is 0 Å². The SMILES string of the molecule is CC(N=O)[C@H]1CCC2C3CCC4=CC(N=O)CC[C@]4(C)C3CC[C@@]21C. The van der Waals surface area contributed by atoms with Crippen LogP contribution in [0, 0.1) is 44.3 Å². The van der Waals surface area contributed by atoms with Gasteiger partial charge in [-0.15, -0.1) is 0 Å². The van der Waals surface area contributed by atoms with Crippen molar-refractivity contribution in [3.8, 4) is 0 Å². The van der Waals surface area contributed by atoms with Gasteiger partial charge >= 0.3 is 0 Å². The van der Waals surface area contributed by atoms with Crippen LogP contribution in [-0.4, -0.2) is 12.1 Å². The summed E-state index contributed by atoms with van der Waals surface area (Å²) in [5.41, 5.74) is 2.09. The molecular weight excluding hydrogens is 312 g/mol. The third-order valence-electron chi connectivity index (χ3n) is 9.05. The summed E-state index contributed by atoms with van der Waals surface area (Å²) in [6.07, 6.45) is 11.6. The topological polar surface area (TPSA) is 58.9 Å². The maximum absolute atomic E-state index is 11.2. The molecule has 0 aliphatic heterocycles. The zero-order valence-corrected chi connectivity index (χ0v) is 15.9. The fourth-order valence-electron chi connectivity index (χ4n) is 7.70. The van der Waals surface area contributed by atoms with Crippen LogP contribution >= 0.6 is 0 Å². The van der Waals surface area contributed by atoms with Gasteiger partial charge in [0.25, 0.3) is 0 Å². The van der Waals surface area contributed by atoms with Crippen LogP contribution in [0.2, 0.25) is 0 Å². The first-order chi connectivity index (χ1) is 11.9. The predicted octanol–water partition coefficient (Wildman–Crippen LogP) is 5.86. The fraction of sp³-hybridized carbons (Fsp3) is 0.905. The van der Waals surface area contributed by atoms with Crippen molar-refractivity contribution in [3.63, 3.8) is 0 Å². The predicted molar refractivity (Wildman–Crippen MR) is 100 cm³/mol. The summed E-state index contributed by atoms with van der Waals surface area (Å²) in [7, 11) is 0. The molecule has 0 spiro atoms. The van der Waals surface area contributed by atoms with Crippen LogP contribution in [0.4, 0.5) is 0 Å². The van der Waals surface area contributed by atoms with Gasteiger partial charge in [-0.05, 0) is 92.8 Å². The van der Waals surface area contributed by atoms with Gasteiger partial charge in [0.1, 0.15) is 6.04 Å². The highest BCUT2D eigenvalue weighted by Crippen LogP contribution is 2.67. The molecule has 4 rings (SSSR count). The minimum absolute atomic E-state index is 0.0460. The minimum atomic E-state index is -0.0937. The molecular formula is C21H32N2O2. The van der Waals surface area contributed by atoms with Crippen molar-refractivity contribution in [2.45, 2.75) is 84.2 Å². The molecule has 5 unspecified atom stereocenters. The van der Waals surface area contributed by atoms with Gasteiger partial charge in [-0.2, -0.15) is 9.81 Å². The third-order valence-corrected chi connectivity index (χ3v) is 9.05. The van der Waals surface area contributed by atoms with Gasteiger partial charge in [-0.3, -0.25) is 0 Å². The largest absolute Gasteiger partial charge is 0.151 e. The zero-order valence-electron chi connectivity index (χ0n) is 15.9. The number of rotatable bonds is 3. The number of hydrogen-bond acceptors (Lipinski definition) is 4. The Bertz CT molecular complexity index is 603. The molecule has 0 radical (unpaired) electrons. The van der Waals surface area contributed by atoms with E-state index in [1.54, 1.807) is 0 Å². The summed E-state index contributed by atoms with van der Waals surface area (Å²) in [5.74, 6) is 2.75. The molecule has 8 atom stereocenters. The Morgan fingerprint density at radius 3 is 2.56 bits per heavy atom. The van der Waals surface area contributed by atoms with Crippen molar-refractivity contribution < 1.29 is 0 Å². The standard InChI is InChI=1S/C21H32N2O2/c1-13(22-24)17-6-7-18-16-5-4-14-12-15(23-25)8-10-20(14,2)19(16)9-11-21(17,18)3/h12-13,15-19H,4-11H2,1-3H3/t13?,15?,16?,17-,18?,19?,20+,21-/m1/s1. The molecule has 0 N–H and O–H groups in total. The van der Waals surface area contributed by atoms with Crippen LogP contribution in [-0.2, 0) is 0 Å². The van der Waals surface area contributed by atoms with Gasteiger partial charge in [0.2, 0.25) is 0 Å². The normalized spacial score (nSPS) is 50.0. The average Bonchev–Trinajstić information content (AvgIpc) is 2.97. The summed E-state index contributed by atoms with van der Waals surface area (Å²) >= 11 is 0. The Hall–Kier alpha value is -1.06. The number of nitrogens with zero attached hydrogens (tertiary/aromatic N) is 2. The highest BCUT2D eigenvalue weighted by atomic mass is 16.3. The lowest BCUT2D eigenvalue weighted by atomic mass is 9.46. The second-order valence-corrected chi connectivity index (χ2v) is 9.81. The van der Waals surface area contributed by atoms with E-state index in [2.05, 4.69) is 30.3 Å². The van der Waals surface area contributed by atoms with E-state index in [1.807, 2.05) is 6.92 Å². The molecule has 3 saturated carbocycles. The van der Waals surface area contributed by atoms with E-state index in [0.29, 0.717) is 11.3 Å². The van der Waals surface area contributed by atoms with Crippen LogP contribution in [0.25, 0.3) is 0 Å². The average molecular weight is 344 g/mol. The molecule has 4 heteroatoms. The second-order valence-electron chi connectivity index (χ2n) is 9.81. The smallest absolute Gasteiger partial charge is 0.110 e. The maximum atomic E-state index is 11.2. The van der Waals surface area contributed by atoms with Gasteiger partial charge in [-0.1, -0.05) is 35.9 Å². The Morgan fingerprint density at radius 1 is 1.04 bits per heavy atom. The van der Waals surface area contributed by atoms with E-state index in [1.165, 1.54) is 37.7 Å².